The molecule has 8 nitrogen and oxygen atoms in total. The summed E-state index contributed by atoms with van der Waals surface area (Å²) in [7, 11) is -2.40. The molecule has 176 valence electrons. The number of halogens is 2. The number of esters is 1. The van der Waals surface area contributed by atoms with Crippen molar-refractivity contribution in [3.8, 4) is 11.5 Å². The van der Waals surface area contributed by atoms with Crippen molar-refractivity contribution in [2.24, 2.45) is 4.99 Å². The van der Waals surface area contributed by atoms with E-state index in [0.717, 1.165) is 0 Å². The average Bonchev–Trinajstić information content (AvgIpc) is 3.14. The number of hydrogen-bond acceptors (Lipinski definition) is 7. The molecule has 0 atom stereocenters. The van der Waals surface area contributed by atoms with Crippen LogP contribution in [0.1, 0.15) is 25.0 Å². The molecule has 0 aromatic heterocycles. The number of nitrogens with zero attached hydrogens (tertiary/aromatic N) is 2. The van der Waals surface area contributed by atoms with Crippen molar-refractivity contribution < 1.29 is 36.2 Å². The molecular formula is C22H22F2N2O6S. The van der Waals surface area contributed by atoms with Crippen LogP contribution < -0.4 is 9.47 Å². The highest BCUT2D eigenvalue weighted by Gasteiger charge is 2.27. The highest BCUT2D eigenvalue weighted by atomic mass is 32.2. The Hall–Kier alpha value is -3.31. The fourth-order valence-electron chi connectivity index (χ4n) is 3.16. The van der Waals surface area contributed by atoms with Crippen molar-refractivity contribution in [2.75, 3.05) is 20.2 Å². The number of aliphatic imine (C=N–C) groups is 1. The van der Waals surface area contributed by atoms with Crippen molar-refractivity contribution in [1.29, 1.82) is 0 Å². The monoisotopic (exact) mass is 480 g/mol. The topological polar surface area (TPSA) is 94.5 Å². The number of carbonyl (C=O) groups excluding carboxylic acids is 1. The van der Waals surface area contributed by atoms with Gasteiger partial charge in [0, 0.05) is 18.7 Å². The molecule has 0 aliphatic carbocycles. The van der Waals surface area contributed by atoms with Gasteiger partial charge in [-0.2, -0.15) is 13.1 Å². The summed E-state index contributed by atoms with van der Waals surface area (Å²) >= 11 is 0. The second kappa shape index (κ2) is 10.1. The van der Waals surface area contributed by atoms with Gasteiger partial charge in [-0.15, -0.1) is 0 Å². The van der Waals surface area contributed by atoms with Crippen LogP contribution in [0.25, 0.3) is 6.08 Å². The average molecular weight is 480 g/mol. The first kappa shape index (κ1) is 24.3. The molecular weight excluding hydrogens is 458 g/mol. The van der Waals surface area contributed by atoms with Crippen LogP contribution in [0.3, 0.4) is 0 Å². The van der Waals surface area contributed by atoms with Crippen LogP contribution in [0.15, 0.2) is 58.0 Å². The normalized spacial score (nSPS) is 15.2. The number of cyclic esters (lactones) is 1. The summed E-state index contributed by atoms with van der Waals surface area (Å²) < 4.78 is 66.8. The zero-order valence-electron chi connectivity index (χ0n) is 18.1. The molecule has 0 saturated heterocycles. The third kappa shape index (κ3) is 5.37. The first-order chi connectivity index (χ1) is 15.7. The zero-order valence-corrected chi connectivity index (χ0v) is 18.9. The van der Waals surface area contributed by atoms with Crippen LogP contribution in [0, 0.1) is 0 Å². The minimum absolute atomic E-state index is 0.0452. The first-order valence-electron chi connectivity index (χ1n) is 9.95. The molecule has 0 unspecified atom stereocenters. The molecule has 0 N–H and O–H groups in total. The number of sulfonamides is 1. The number of alkyl halides is 2. The van der Waals surface area contributed by atoms with Gasteiger partial charge < -0.3 is 14.2 Å². The fourth-order valence-corrected chi connectivity index (χ4v) is 4.67. The molecule has 1 aliphatic heterocycles. The van der Waals surface area contributed by atoms with Gasteiger partial charge in [0.05, 0.1) is 12.0 Å². The van der Waals surface area contributed by atoms with Crippen molar-refractivity contribution in [3.63, 3.8) is 0 Å². The maximum absolute atomic E-state index is 12.8. The Balaban J connectivity index is 1.94. The van der Waals surface area contributed by atoms with Gasteiger partial charge in [-0.05, 0) is 42.0 Å². The second-order valence-electron chi connectivity index (χ2n) is 6.74. The Kier molecular flexibility index (Phi) is 7.44. The number of benzene rings is 2. The molecule has 3 rings (SSSR count). The zero-order chi connectivity index (χ0) is 24.2. The number of methoxy groups -OCH3 is 1. The van der Waals surface area contributed by atoms with Gasteiger partial charge in [-0.3, -0.25) is 0 Å². The van der Waals surface area contributed by atoms with Crippen LogP contribution in [0.2, 0.25) is 0 Å². The van der Waals surface area contributed by atoms with Gasteiger partial charge in [0.15, 0.2) is 17.2 Å². The lowest BCUT2D eigenvalue weighted by Crippen LogP contribution is -2.30. The molecule has 1 heterocycles. The number of ether oxygens (including phenoxy) is 3. The van der Waals surface area contributed by atoms with Gasteiger partial charge in [0.1, 0.15) is 0 Å². The minimum atomic E-state index is -3.71. The van der Waals surface area contributed by atoms with Gasteiger partial charge >= 0.3 is 12.6 Å². The van der Waals surface area contributed by atoms with Crippen molar-refractivity contribution >= 4 is 28.0 Å². The molecule has 33 heavy (non-hydrogen) atoms. The van der Waals surface area contributed by atoms with Gasteiger partial charge in [-0.25, -0.2) is 18.2 Å². The fraction of sp³-hybridized carbons (Fsp3) is 0.273. The van der Waals surface area contributed by atoms with Gasteiger partial charge in [0.2, 0.25) is 15.9 Å². The van der Waals surface area contributed by atoms with Crippen LogP contribution in [-0.4, -0.2) is 51.4 Å². The maximum Gasteiger partial charge on any atom is 0.387 e. The molecule has 11 heteroatoms. The molecule has 0 amide bonds. The second-order valence-corrected chi connectivity index (χ2v) is 8.68. The Morgan fingerprint density at radius 2 is 1.85 bits per heavy atom. The predicted molar refractivity (Wildman–Crippen MR) is 117 cm³/mol. The summed E-state index contributed by atoms with van der Waals surface area (Å²) in [6.45, 7) is 1.04. The summed E-state index contributed by atoms with van der Waals surface area (Å²) in [6, 6.07) is 10.1. The SMILES string of the molecule is CCN(CC)S(=O)(=O)c1cccc(C2=N/C(=C\c3ccc(OC)c(OC(F)F)c3)C(=O)O2)c1. The maximum atomic E-state index is 12.8. The Bertz CT molecular complexity index is 1210. The highest BCUT2D eigenvalue weighted by molar-refractivity contribution is 7.89. The van der Waals surface area contributed by atoms with Crippen LogP contribution in [-0.2, 0) is 19.6 Å². The Labute approximate surface area is 190 Å². The lowest BCUT2D eigenvalue weighted by atomic mass is 10.1. The van der Waals surface area contributed by atoms with Crippen molar-refractivity contribution in [3.05, 3.63) is 59.3 Å². The number of hydrogen-bond donors (Lipinski definition) is 0. The molecule has 1 aliphatic rings. The third-order valence-electron chi connectivity index (χ3n) is 4.75. The Morgan fingerprint density at radius 3 is 2.48 bits per heavy atom. The summed E-state index contributed by atoms with van der Waals surface area (Å²) in [5.41, 5.74) is 0.563. The summed E-state index contributed by atoms with van der Waals surface area (Å²) in [5, 5.41) is 0. The first-order valence-corrected chi connectivity index (χ1v) is 11.4. The quantitative estimate of drug-likeness (QED) is 0.402. The third-order valence-corrected chi connectivity index (χ3v) is 6.80. The van der Waals surface area contributed by atoms with E-state index in [1.54, 1.807) is 19.9 Å². The standard InChI is InChI=1S/C22H22F2N2O6S/c1-4-26(5-2)33(28,29)16-8-6-7-15(13-16)20-25-17(21(27)32-20)11-14-9-10-18(30-3)19(12-14)31-22(23)24/h6-13,22H,4-5H2,1-3H3/b17-11-. The van der Waals surface area contributed by atoms with E-state index in [1.165, 1.54) is 53.9 Å². The van der Waals surface area contributed by atoms with Crippen LogP contribution in [0.4, 0.5) is 8.78 Å². The minimum Gasteiger partial charge on any atom is -0.493 e. The smallest absolute Gasteiger partial charge is 0.387 e. The number of carbonyl (C=O) groups is 1. The molecule has 2 aromatic rings. The molecule has 0 fully saturated rings. The van der Waals surface area contributed by atoms with E-state index >= 15 is 0 Å². The highest BCUT2D eigenvalue weighted by Crippen LogP contribution is 2.31. The van der Waals surface area contributed by atoms with E-state index < -0.39 is 22.6 Å². The van der Waals surface area contributed by atoms with E-state index in [4.69, 9.17) is 9.47 Å². The predicted octanol–water partition coefficient (Wildman–Crippen LogP) is 3.67. The van der Waals surface area contributed by atoms with E-state index in [0.29, 0.717) is 24.2 Å². The largest absolute Gasteiger partial charge is 0.493 e. The van der Waals surface area contributed by atoms with Gasteiger partial charge in [-0.1, -0.05) is 26.0 Å². The molecule has 0 saturated carbocycles. The lowest BCUT2D eigenvalue weighted by molar-refractivity contribution is -0.129. The molecule has 2 aromatic carbocycles. The summed E-state index contributed by atoms with van der Waals surface area (Å²) in [5.74, 6) is -0.942. The van der Waals surface area contributed by atoms with Crippen molar-refractivity contribution in [2.45, 2.75) is 25.4 Å². The lowest BCUT2D eigenvalue weighted by Gasteiger charge is -2.18. The summed E-state index contributed by atoms with van der Waals surface area (Å²) in [6.07, 6.45) is 1.34. The Morgan fingerprint density at radius 1 is 1.12 bits per heavy atom. The molecule has 0 radical (unpaired) electrons. The van der Waals surface area contributed by atoms with Gasteiger partial charge in [0.25, 0.3) is 0 Å². The van der Waals surface area contributed by atoms with E-state index in [2.05, 4.69) is 9.73 Å². The van der Waals surface area contributed by atoms with E-state index in [1.807, 2.05) is 0 Å². The molecule has 0 spiro atoms. The van der Waals surface area contributed by atoms with Crippen LogP contribution >= 0.6 is 0 Å². The van der Waals surface area contributed by atoms with Crippen molar-refractivity contribution in [1.82, 2.24) is 4.31 Å². The van der Waals surface area contributed by atoms with Crippen LogP contribution in [0.5, 0.6) is 11.5 Å². The number of rotatable bonds is 9. The summed E-state index contributed by atoms with van der Waals surface area (Å²) in [4.78, 5) is 16.5. The molecule has 0 bridgehead atoms. The van der Waals surface area contributed by atoms with E-state index in [9.17, 15) is 22.0 Å². The van der Waals surface area contributed by atoms with E-state index in [-0.39, 0.29) is 28.0 Å².